The lowest BCUT2D eigenvalue weighted by Gasteiger charge is -2.32. The van der Waals surface area contributed by atoms with Crippen LogP contribution in [0.1, 0.15) is 4.88 Å². The predicted octanol–water partition coefficient (Wildman–Crippen LogP) is 2.36. The normalized spacial score (nSPS) is 21.7. The number of thiophene rings is 1. The van der Waals surface area contributed by atoms with E-state index in [1.165, 1.54) is 17.4 Å². The lowest BCUT2D eigenvalue weighted by atomic mass is 10.1. The Bertz CT molecular complexity index is 673. The van der Waals surface area contributed by atoms with Crippen LogP contribution in [0.15, 0.2) is 22.9 Å². The number of likely N-dealkylation sites (N-methyl/N-ethyl adjacent to an activating group) is 1. The number of rotatable bonds is 2. The van der Waals surface area contributed by atoms with Crippen LogP contribution in [-0.4, -0.2) is 56.0 Å². The summed E-state index contributed by atoms with van der Waals surface area (Å²) in [6.45, 7) is 3.60. The van der Waals surface area contributed by atoms with Gasteiger partial charge in [0, 0.05) is 31.1 Å². The van der Waals surface area contributed by atoms with Gasteiger partial charge in [0.1, 0.15) is 0 Å². The van der Waals surface area contributed by atoms with Crippen molar-refractivity contribution in [3.05, 3.63) is 22.6 Å². The zero-order valence-electron chi connectivity index (χ0n) is 12.3. The molecule has 2 aliphatic heterocycles. The SMILES string of the molecule is CN1CCN(c2ccc(/C=C3\C(=O)ON=C3C(F)(F)F)s2)CC1. The highest BCUT2D eigenvalue weighted by Crippen LogP contribution is 2.32. The highest BCUT2D eigenvalue weighted by atomic mass is 32.1. The third-order valence-corrected chi connectivity index (χ3v) is 4.77. The standard InChI is InChI=1S/C14H14F3N3O2S/c1-19-4-6-20(7-5-19)11-3-2-9(23-11)8-10-12(14(15,16)17)18-22-13(10)21/h2-3,8H,4-7H2,1H3/b10-8-. The Balaban J connectivity index is 1.80. The fourth-order valence-corrected chi connectivity index (χ4v) is 3.37. The Morgan fingerprint density at radius 2 is 1.96 bits per heavy atom. The number of halogens is 3. The van der Waals surface area contributed by atoms with Gasteiger partial charge in [0.2, 0.25) is 0 Å². The van der Waals surface area contributed by atoms with E-state index in [2.05, 4.69) is 19.8 Å². The van der Waals surface area contributed by atoms with Crippen molar-refractivity contribution in [3.63, 3.8) is 0 Å². The van der Waals surface area contributed by atoms with Gasteiger partial charge in [-0.05, 0) is 25.3 Å². The van der Waals surface area contributed by atoms with Gasteiger partial charge in [-0.2, -0.15) is 13.2 Å². The third kappa shape index (κ3) is 3.40. The van der Waals surface area contributed by atoms with Gasteiger partial charge in [-0.1, -0.05) is 5.16 Å². The van der Waals surface area contributed by atoms with Crippen LogP contribution in [-0.2, 0) is 9.63 Å². The molecule has 124 valence electrons. The largest absolute Gasteiger partial charge is 0.437 e. The summed E-state index contributed by atoms with van der Waals surface area (Å²) in [5, 5.41) is 3.81. The molecule has 1 aromatic rings. The number of oxime groups is 1. The van der Waals surface area contributed by atoms with Gasteiger partial charge in [0.15, 0.2) is 5.71 Å². The van der Waals surface area contributed by atoms with Crippen molar-refractivity contribution >= 4 is 34.1 Å². The van der Waals surface area contributed by atoms with Gasteiger partial charge >= 0.3 is 12.1 Å². The summed E-state index contributed by atoms with van der Waals surface area (Å²) in [7, 11) is 2.05. The van der Waals surface area contributed by atoms with Crippen molar-refractivity contribution in [1.29, 1.82) is 0 Å². The zero-order valence-corrected chi connectivity index (χ0v) is 13.1. The average molecular weight is 345 g/mol. The van der Waals surface area contributed by atoms with Crippen LogP contribution in [0.4, 0.5) is 18.2 Å². The van der Waals surface area contributed by atoms with E-state index in [1.54, 1.807) is 6.07 Å². The van der Waals surface area contributed by atoms with E-state index < -0.39 is 23.4 Å². The van der Waals surface area contributed by atoms with Crippen LogP contribution < -0.4 is 4.90 Å². The van der Waals surface area contributed by atoms with Crippen molar-refractivity contribution in [3.8, 4) is 0 Å². The number of hydrogen-bond donors (Lipinski definition) is 0. The number of anilines is 1. The van der Waals surface area contributed by atoms with E-state index in [0.29, 0.717) is 4.88 Å². The molecule has 0 N–H and O–H groups in total. The Morgan fingerprint density at radius 3 is 2.61 bits per heavy atom. The van der Waals surface area contributed by atoms with Gasteiger partial charge < -0.3 is 14.6 Å². The lowest BCUT2D eigenvalue weighted by molar-refractivity contribution is -0.136. The molecule has 0 atom stereocenters. The number of alkyl halides is 3. The molecular formula is C14H14F3N3O2S. The number of piperazine rings is 1. The molecule has 0 aliphatic carbocycles. The van der Waals surface area contributed by atoms with Crippen molar-refractivity contribution in [1.82, 2.24) is 4.90 Å². The van der Waals surface area contributed by atoms with Crippen LogP contribution in [0, 0.1) is 0 Å². The first-order chi connectivity index (χ1) is 10.8. The molecule has 0 spiro atoms. The molecule has 0 unspecified atom stereocenters. The summed E-state index contributed by atoms with van der Waals surface area (Å²) >= 11 is 1.34. The second-order valence-corrected chi connectivity index (χ2v) is 6.43. The molecule has 0 saturated carbocycles. The van der Waals surface area contributed by atoms with Crippen molar-refractivity contribution in [2.24, 2.45) is 5.16 Å². The van der Waals surface area contributed by atoms with Crippen molar-refractivity contribution < 1.29 is 22.8 Å². The number of carbonyl (C=O) groups is 1. The van der Waals surface area contributed by atoms with E-state index in [9.17, 15) is 18.0 Å². The molecule has 3 rings (SSSR count). The molecular weight excluding hydrogens is 331 g/mol. The summed E-state index contributed by atoms with van der Waals surface area (Å²) in [6, 6.07) is 3.55. The Hall–Kier alpha value is -1.87. The summed E-state index contributed by atoms with van der Waals surface area (Å²) in [6.07, 6.45) is -3.53. The first-order valence-electron chi connectivity index (χ1n) is 6.96. The monoisotopic (exact) mass is 345 g/mol. The maximum atomic E-state index is 12.8. The average Bonchev–Trinajstić information content (AvgIpc) is 3.08. The molecule has 0 radical (unpaired) electrons. The lowest BCUT2D eigenvalue weighted by Crippen LogP contribution is -2.44. The molecule has 0 amide bonds. The van der Waals surface area contributed by atoms with E-state index in [-0.39, 0.29) is 0 Å². The second kappa shape index (κ2) is 5.97. The van der Waals surface area contributed by atoms with Gasteiger partial charge in [-0.25, -0.2) is 4.79 Å². The molecule has 0 aromatic carbocycles. The number of carbonyl (C=O) groups excluding carboxylic acids is 1. The molecule has 5 nitrogen and oxygen atoms in total. The van der Waals surface area contributed by atoms with E-state index in [0.717, 1.165) is 31.2 Å². The fourth-order valence-electron chi connectivity index (χ4n) is 2.37. The van der Waals surface area contributed by atoms with Crippen LogP contribution in [0.2, 0.25) is 0 Å². The molecule has 1 aromatic heterocycles. The van der Waals surface area contributed by atoms with E-state index in [1.807, 2.05) is 13.1 Å². The van der Waals surface area contributed by atoms with Gasteiger partial charge in [-0.15, -0.1) is 11.3 Å². The minimum atomic E-state index is -4.71. The van der Waals surface area contributed by atoms with Crippen molar-refractivity contribution in [2.75, 3.05) is 38.1 Å². The van der Waals surface area contributed by atoms with Gasteiger partial charge in [0.25, 0.3) is 0 Å². The smallest absolute Gasteiger partial charge is 0.361 e. The van der Waals surface area contributed by atoms with Crippen LogP contribution in [0.25, 0.3) is 6.08 Å². The predicted molar refractivity (Wildman–Crippen MR) is 81.6 cm³/mol. The molecule has 23 heavy (non-hydrogen) atoms. The molecule has 9 heteroatoms. The van der Waals surface area contributed by atoms with Crippen molar-refractivity contribution in [2.45, 2.75) is 6.18 Å². The Morgan fingerprint density at radius 1 is 1.26 bits per heavy atom. The quantitative estimate of drug-likeness (QED) is 0.610. The molecule has 0 bridgehead atoms. The highest BCUT2D eigenvalue weighted by Gasteiger charge is 2.45. The zero-order chi connectivity index (χ0) is 16.6. The summed E-state index contributed by atoms with van der Waals surface area (Å²) in [5.41, 5.74) is -1.83. The number of hydrogen-bond acceptors (Lipinski definition) is 6. The topological polar surface area (TPSA) is 45.1 Å². The Kier molecular flexibility index (Phi) is 4.15. The molecule has 1 saturated heterocycles. The Labute approximate surface area is 134 Å². The maximum Gasteiger partial charge on any atom is 0.437 e. The second-order valence-electron chi connectivity index (χ2n) is 5.34. The molecule has 3 heterocycles. The van der Waals surface area contributed by atoms with Gasteiger partial charge in [-0.3, -0.25) is 0 Å². The fraction of sp³-hybridized carbons (Fsp3) is 0.429. The maximum absolute atomic E-state index is 12.8. The molecule has 2 aliphatic rings. The third-order valence-electron chi connectivity index (χ3n) is 3.68. The van der Waals surface area contributed by atoms with Gasteiger partial charge in [0.05, 0.1) is 10.6 Å². The van der Waals surface area contributed by atoms with Crippen LogP contribution in [0.3, 0.4) is 0 Å². The summed E-state index contributed by atoms with van der Waals surface area (Å²) in [4.78, 5) is 20.6. The van der Waals surface area contributed by atoms with E-state index >= 15 is 0 Å². The first-order valence-corrected chi connectivity index (χ1v) is 7.78. The highest BCUT2D eigenvalue weighted by molar-refractivity contribution is 7.17. The van der Waals surface area contributed by atoms with Crippen LogP contribution >= 0.6 is 11.3 Å². The minimum absolute atomic E-state index is 0.552. The van der Waals surface area contributed by atoms with E-state index in [4.69, 9.17) is 0 Å². The van der Waals surface area contributed by atoms with Crippen LogP contribution in [0.5, 0.6) is 0 Å². The minimum Gasteiger partial charge on any atom is -0.361 e. The number of nitrogens with zero attached hydrogens (tertiary/aromatic N) is 3. The summed E-state index contributed by atoms with van der Waals surface area (Å²) < 4.78 is 38.4. The first kappa shape index (κ1) is 16.0. The molecule has 1 fully saturated rings. The summed E-state index contributed by atoms with van der Waals surface area (Å²) in [5.74, 6) is -1.08.